The second-order valence-electron chi connectivity index (χ2n) is 5.73. The number of halogens is 3. The van der Waals surface area contributed by atoms with Crippen LogP contribution >= 0.6 is 36.4 Å². The topological polar surface area (TPSA) is 87.5 Å². The summed E-state index contributed by atoms with van der Waals surface area (Å²) in [7, 11) is 0. The Morgan fingerprint density at radius 3 is 2.28 bits per heavy atom. The van der Waals surface area contributed by atoms with Gasteiger partial charge in [0, 0.05) is 30.7 Å². The first kappa shape index (κ1) is 23.9. The maximum Gasteiger partial charge on any atom is 0.239 e. The van der Waals surface area contributed by atoms with Crippen molar-refractivity contribution in [2.75, 3.05) is 26.2 Å². The van der Waals surface area contributed by atoms with Gasteiger partial charge < -0.3 is 16.4 Å². The van der Waals surface area contributed by atoms with Crippen molar-refractivity contribution in [1.29, 1.82) is 0 Å². The zero-order valence-corrected chi connectivity index (χ0v) is 16.3. The number of nitrogens with zero attached hydrogens (tertiary/aromatic N) is 1. The Balaban J connectivity index is 0.00000288. The molecule has 1 aromatic carbocycles. The summed E-state index contributed by atoms with van der Waals surface area (Å²) in [4.78, 5) is 25.1. The molecule has 2 rings (SSSR count). The first-order valence-corrected chi connectivity index (χ1v) is 8.17. The van der Waals surface area contributed by atoms with Crippen LogP contribution in [-0.4, -0.2) is 48.9 Å². The molecule has 0 atom stereocenters. The fourth-order valence-electron chi connectivity index (χ4n) is 2.61. The number of rotatable bonds is 6. The van der Waals surface area contributed by atoms with Gasteiger partial charge in [0.1, 0.15) is 0 Å². The van der Waals surface area contributed by atoms with Gasteiger partial charge >= 0.3 is 0 Å². The van der Waals surface area contributed by atoms with E-state index in [0.29, 0.717) is 0 Å². The average molecular weight is 412 g/mol. The maximum absolute atomic E-state index is 11.7. The molecule has 1 aromatic rings. The molecule has 25 heavy (non-hydrogen) atoms. The molecule has 0 spiro atoms. The van der Waals surface area contributed by atoms with Crippen LogP contribution in [0.25, 0.3) is 0 Å². The number of hydrogen-bond acceptors (Lipinski definition) is 4. The SMILES string of the molecule is Cl.Cl.NCC(=O)NCC(=O)NC1CCN(Cc2ccc(Cl)cc2)CC1. The van der Waals surface area contributed by atoms with E-state index in [4.69, 9.17) is 17.3 Å². The first-order valence-electron chi connectivity index (χ1n) is 7.79. The van der Waals surface area contributed by atoms with E-state index >= 15 is 0 Å². The van der Waals surface area contributed by atoms with Crippen molar-refractivity contribution in [3.05, 3.63) is 34.9 Å². The van der Waals surface area contributed by atoms with Crippen LogP contribution in [0.15, 0.2) is 24.3 Å². The predicted molar refractivity (Wildman–Crippen MR) is 104 cm³/mol. The summed E-state index contributed by atoms with van der Waals surface area (Å²) in [6.45, 7) is 2.65. The highest BCUT2D eigenvalue weighted by Crippen LogP contribution is 2.15. The van der Waals surface area contributed by atoms with Crippen LogP contribution in [-0.2, 0) is 16.1 Å². The van der Waals surface area contributed by atoms with Crippen molar-refractivity contribution >= 4 is 48.2 Å². The molecule has 9 heteroatoms. The van der Waals surface area contributed by atoms with E-state index in [1.165, 1.54) is 5.56 Å². The molecule has 0 bridgehead atoms. The van der Waals surface area contributed by atoms with Gasteiger partial charge in [-0.15, -0.1) is 24.8 Å². The lowest BCUT2D eigenvalue weighted by molar-refractivity contribution is -0.125. The largest absolute Gasteiger partial charge is 0.352 e. The fraction of sp³-hybridized carbons (Fsp3) is 0.500. The number of nitrogens with two attached hydrogens (primary N) is 1. The Morgan fingerprint density at radius 2 is 1.72 bits per heavy atom. The Labute approximate surface area is 165 Å². The van der Waals surface area contributed by atoms with Gasteiger partial charge in [-0.2, -0.15) is 0 Å². The predicted octanol–water partition coefficient (Wildman–Crippen LogP) is 1.34. The molecule has 6 nitrogen and oxygen atoms in total. The minimum Gasteiger partial charge on any atom is -0.352 e. The highest BCUT2D eigenvalue weighted by molar-refractivity contribution is 6.30. The van der Waals surface area contributed by atoms with Crippen molar-refractivity contribution in [2.45, 2.75) is 25.4 Å². The van der Waals surface area contributed by atoms with E-state index in [0.717, 1.165) is 37.5 Å². The van der Waals surface area contributed by atoms with E-state index < -0.39 is 0 Å². The lowest BCUT2D eigenvalue weighted by atomic mass is 10.0. The molecule has 1 aliphatic rings. The van der Waals surface area contributed by atoms with Crippen molar-refractivity contribution in [1.82, 2.24) is 15.5 Å². The van der Waals surface area contributed by atoms with Gasteiger partial charge in [0.25, 0.3) is 0 Å². The number of hydrogen-bond donors (Lipinski definition) is 3. The number of piperidine rings is 1. The molecule has 0 radical (unpaired) electrons. The standard InChI is InChI=1S/C16H23ClN4O2.2ClH/c17-13-3-1-12(2-4-13)11-21-7-5-14(6-8-21)20-16(23)10-19-15(22)9-18;;/h1-4,14H,5-11,18H2,(H,19,22)(H,20,23);2*1H. The van der Waals surface area contributed by atoms with Crippen LogP contribution in [0.4, 0.5) is 0 Å². The van der Waals surface area contributed by atoms with Crippen molar-refractivity contribution < 1.29 is 9.59 Å². The van der Waals surface area contributed by atoms with Crippen LogP contribution in [0, 0.1) is 0 Å². The molecule has 1 heterocycles. The fourth-order valence-corrected chi connectivity index (χ4v) is 2.74. The van der Waals surface area contributed by atoms with E-state index in [1.807, 2.05) is 24.3 Å². The molecule has 4 N–H and O–H groups in total. The summed E-state index contributed by atoms with van der Waals surface area (Å²) in [6, 6.07) is 8.05. The molecule has 0 aromatic heterocycles. The molecule has 1 aliphatic heterocycles. The average Bonchev–Trinajstić information content (AvgIpc) is 2.56. The van der Waals surface area contributed by atoms with E-state index in [1.54, 1.807) is 0 Å². The van der Waals surface area contributed by atoms with Gasteiger partial charge in [0.15, 0.2) is 0 Å². The number of nitrogens with one attached hydrogen (secondary N) is 2. The quantitative estimate of drug-likeness (QED) is 0.659. The zero-order chi connectivity index (χ0) is 16.7. The van der Waals surface area contributed by atoms with Gasteiger partial charge in [-0.3, -0.25) is 14.5 Å². The molecular formula is C16H25Cl3N4O2. The van der Waals surface area contributed by atoms with Crippen LogP contribution < -0.4 is 16.4 Å². The highest BCUT2D eigenvalue weighted by Gasteiger charge is 2.20. The molecule has 0 aliphatic carbocycles. The third-order valence-electron chi connectivity index (χ3n) is 3.90. The van der Waals surface area contributed by atoms with E-state index in [2.05, 4.69) is 15.5 Å². The first-order chi connectivity index (χ1) is 11.1. The molecular weight excluding hydrogens is 387 g/mol. The summed E-state index contributed by atoms with van der Waals surface area (Å²) >= 11 is 5.89. The highest BCUT2D eigenvalue weighted by atomic mass is 35.5. The molecule has 0 unspecified atom stereocenters. The third-order valence-corrected chi connectivity index (χ3v) is 4.16. The monoisotopic (exact) mass is 410 g/mol. The lowest BCUT2D eigenvalue weighted by Crippen LogP contribution is -2.47. The zero-order valence-electron chi connectivity index (χ0n) is 13.9. The Bertz CT molecular complexity index is 535. The Hall–Kier alpha value is -1.05. The molecule has 1 fully saturated rings. The van der Waals surface area contributed by atoms with Gasteiger partial charge in [-0.25, -0.2) is 0 Å². The summed E-state index contributed by atoms with van der Waals surface area (Å²) in [6.07, 6.45) is 1.81. The van der Waals surface area contributed by atoms with Crippen molar-refractivity contribution in [2.24, 2.45) is 5.73 Å². The third kappa shape index (κ3) is 8.74. The van der Waals surface area contributed by atoms with Gasteiger partial charge in [0.05, 0.1) is 13.1 Å². The number of likely N-dealkylation sites (tertiary alicyclic amines) is 1. The van der Waals surface area contributed by atoms with Gasteiger partial charge in [-0.1, -0.05) is 23.7 Å². The minimum atomic E-state index is -0.321. The summed E-state index contributed by atoms with van der Waals surface area (Å²) in [5, 5.41) is 6.17. The van der Waals surface area contributed by atoms with Gasteiger partial charge in [0.2, 0.25) is 11.8 Å². The normalized spacial score (nSPS) is 14.8. The molecule has 2 amide bonds. The molecule has 1 saturated heterocycles. The summed E-state index contributed by atoms with van der Waals surface area (Å²) < 4.78 is 0. The van der Waals surface area contributed by atoms with Crippen molar-refractivity contribution in [3.63, 3.8) is 0 Å². The number of amides is 2. The Kier molecular flexibility index (Phi) is 11.8. The number of benzene rings is 1. The van der Waals surface area contributed by atoms with Crippen LogP contribution in [0.1, 0.15) is 18.4 Å². The number of carbonyl (C=O) groups is 2. The Morgan fingerprint density at radius 1 is 1.12 bits per heavy atom. The van der Waals surface area contributed by atoms with Crippen molar-refractivity contribution in [3.8, 4) is 0 Å². The van der Waals surface area contributed by atoms with Crippen LogP contribution in [0.2, 0.25) is 5.02 Å². The second kappa shape index (κ2) is 12.3. The second-order valence-corrected chi connectivity index (χ2v) is 6.16. The molecule has 0 saturated carbocycles. The number of carbonyl (C=O) groups excluding carboxylic acids is 2. The summed E-state index contributed by atoms with van der Waals surface area (Å²) in [5.74, 6) is -0.485. The van der Waals surface area contributed by atoms with Crippen LogP contribution in [0.5, 0.6) is 0 Å². The summed E-state index contributed by atoms with van der Waals surface area (Å²) in [5.41, 5.74) is 6.41. The van der Waals surface area contributed by atoms with E-state index in [-0.39, 0.29) is 55.8 Å². The van der Waals surface area contributed by atoms with E-state index in [9.17, 15) is 9.59 Å². The maximum atomic E-state index is 11.7. The smallest absolute Gasteiger partial charge is 0.239 e. The van der Waals surface area contributed by atoms with Crippen LogP contribution in [0.3, 0.4) is 0 Å². The minimum absolute atomic E-state index is 0. The molecule has 142 valence electrons. The van der Waals surface area contributed by atoms with Gasteiger partial charge in [-0.05, 0) is 30.5 Å². The lowest BCUT2D eigenvalue weighted by Gasteiger charge is -2.32.